The minimum Gasteiger partial charge on any atom is -0.486 e. The first kappa shape index (κ1) is 15.0. The lowest BCUT2D eigenvalue weighted by Gasteiger charge is -2.23. The zero-order valence-electron chi connectivity index (χ0n) is 13.3. The molecule has 2 N–H and O–H groups in total. The number of benzene rings is 2. The monoisotopic (exact) mass is 324 g/mol. The Morgan fingerprint density at radius 1 is 1.00 bits per heavy atom. The van der Waals surface area contributed by atoms with Gasteiger partial charge in [-0.15, -0.1) is 0 Å². The van der Waals surface area contributed by atoms with E-state index < -0.39 is 0 Å². The molecule has 4 rings (SSSR count). The number of amides is 1. The molecule has 2 aliphatic rings. The molecule has 0 bridgehead atoms. The first-order chi connectivity index (χ1) is 11.8. The Morgan fingerprint density at radius 2 is 1.83 bits per heavy atom. The third-order valence-corrected chi connectivity index (χ3v) is 4.60. The maximum absolute atomic E-state index is 12.8. The topological polar surface area (TPSA) is 59.6 Å². The van der Waals surface area contributed by atoms with Crippen molar-refractivity contribution in [3.8, 4) is 11.5 Å². The van der Waals surface area contributed by atoms with Gasteiger partial charge in [0.05, 0.1) is 11.6 Å². The summed E-state index contributed by atoms with van der Waals surface area (Å²) < 4.78 is 11.2. The number of fused-ring (bicyclic) bond motifs is 1. The summed E-state index contributed by atoms with van der Waals surface area (Å²) in [5, 5.41) is 6.36. The zero-order valence-corrected chi connectivity index (χ0v) is 13.3. The summed E-state index contributed by atoms with van der Waals surface area (Å²) in [5.74, 6) is 1.40. The Hall–Kier alpha value is -2.53. The highest BCUT2D eigenvalue weighted by atomic mass is 16.6. The molecule has 0 aromatic heterocycles. The van der Waals surface area contributed by atoms with E-state index in [0.717, 1.165) is 6.54 Å². The van der Waals surface area contributed by atoms with Crippen LogP contribution in [0.5, 0.6) is 11.5 Å². The quantitative estimate of drug-likeness (QED) is 0.910. The van der Waals surface area contributed by atoms with Crippen molar-refractivity contribution in [2.24, 2.45) is 5.92 Å². The molecule has 5 nitrogen and oxygen atoms in total. The fraction of sp³-hybridized carbons (Fsp3) is 0.316. The van der Waals surface area contributed by atoms with Gasteiger partial charge in [0.15, 0.2) is 11.5 Å². The van der Waals surface area contributed by atoms with Crippen LogP contribution in [0.15, 0.2) is 48.5 Å². The molecule has 5 heteroatoms. The van der Waals surface area contributed by atoms with Crippen molar-refractivity contribution in [3.05, 3.63) is 54.1 Å². The van der Waals surface area contributed by atoms with E-state index in [1.165, 1.54) is 5.56 Å². The fourth-order valence-electron chi connectivity index (χ4n) is 3.40. The van der Waals surface area contributed by atoms with E-state index in [-0.39, 0.29) is 17.7 Å². The Labute approximate surface area is 141 Å². The van der Waals surface area contributed by atoms with Crippen molar-refractivity contribution in [1.82, 2.24) is 5.32 Å². The maximum Gasteiger partial charge on any atom is 0.229 e. The lowest BCUT2D eigenvalue weighted by molar-refractivity contribution is -0.119. The number of hydrogen-bond acceptors (Lipinski definition) is 4. The highest BCUT2D eigenvalue weighted by molar-refractivity contribution is 5.95. The highest BCUT2D eigenvalue weighted by Gasteiger charge is 2.34. The van der Waals surface area contributed by atoms with Crippen LogP contribution < -0.4 is 20.1 Å². The molecule has 1 saturated heterocycles. The second-order valence-corrected chi connectivity index (χ2v) is 6.10. The Balaban J connectivity index is 1.54. The summed E-state index contributed by atoms with van der Waals surface area (Å²) in [6.45, 7) is 2.52. The third-order valence-electron chi connectivity index (χ3n) is 4.60. The van der Waals surface area contributed by atoms with Gasteiger partial charge in [-0.05, 0) is 17.7 Å². The third kappa shape index (κ3) is 2.83. The highest BCUT2D eigenvalue weighted by Crippen LogP contribution is 2.38. The molecule has 2 aromatic rings. The van der Waals surface area contributed by atoms with E-state index >= 15 is 0 Å². The standard InChI is InChI=1S/C19H20N2O3/c22-19(15-12-20-11-14(15)13-5-2-1-3-6-13)21-16-7-4-8-17-18(16)24-10-9-23-17/h1-8,14-15,20H,9-12H2,(H,21,22)/t14-,15+/m0/s1. The van der Waals surface area contributed by atoms with Gasteiger partial charge < -0.3 is 20.1 Å². The maximum atomic E-state index is 12.8. The molecule has 2 aromatic carbocycles. The predicted octanol–water partition coefficient (Wildman–Crippen LogP) is 2.40. The van der Waals surface area contributed by atoms with Gasteiger partial charge in [0.1, 0.15) is 13.2 Å². The van der Waals surface area contributed by atoms with Gasteiger partial charge in [-0.25, -0.2) is 0 Å². The summed E-state index contributed by atoms with van der Waals surface area (Å²) in [6, 6.07) is 15.8. The Morgan fingerprint density at radius 3 is 2.71 bits per heavy atom. The molecule has 1 fully saturated rings. The first-order valence-corrected chi connectivity index (χ1v) is 8.28. The van der Waals surface area contributed by atoms with Crippen LogP contribution in [0.25, 0.3) is 0 Å². The number of carbonyl (C=O) groups is 1. The summed E-state index contributed by atoms with van der Waals surface area (Å²) in [6.07, 6.45) is 0. The van der Waals surface area contributed by atoms with Gasteiger partial charge in [-0.1, -0.05) is 36.4 Å². The first-order valence-electron chi connectivity index (χ1n) is 8.28. The van der Waals surface area contributed by atoms with E-state index in [0.29, 0.717) is 36.9 Å². The normalized spacial score (nSPS) is 22.2. The van der Waals surface area contributed by atoms with Crippen LogP contribution in [0.2, 0.25) is 0 Å². The number of rotatable bonds is 3. The minimum atomic E-state index is -0.104. The van der Waals surface area contributed by atoms with E-state index in [1.54, 1.807) is 0 Å². The van der Waals surface area contributed by atoms with Gasteiger partial charge >= 0.3 is 0 Å². The van der Waals surface area contributed by atoms with Crippen molar-refractivity contribution in [2.45, 2.75) is 5.92 Å². The summed E-state index contributed by atoms with van der Waals surface area (Å²) in [7, 11) is 0. The van der Waals surface area contributed by atoms with E-state index in [1.807, 2.05) is 36.4 Å². The van der Waals surface area contributed by atoms with Crippen LogP contribution in [0.4, 0.5) is 5.69 Å². The van der Waals surface area contributed by atoms with E-state index in [4.69, 9.17) is 9.47 Å². The molecule has 0 aliphatic carbocycles. The molecular weight excluding hydrogens is 304 g/mol. The molecule has 1 amide bonds. The predicted molar refractivity (Wildman–Crippen MR) is 91.6 cm³/mol. The Kier molecular flexibility index (Phi) is 4.09. The second kappa shape index (κ2) is 6.53. The van der Waals surface area contributed by atoms with Crippen LogP contribution in [-0.2, 0) is 4.79 Å². The van der Waals surface area contributed by atoms with Crippen molar-refractivity contribution < 1.29 is 14.3 Å². The molecule has 0 spiro atoms. The largest absolute Gasteiger partial charge is 0.486 e. The number of para-hydroxylation sites is 1. The number of anilines is 1. The number of hydrogen-bond donors (Lipinski definition) is 2. The Bertz CT molecular complexity index is 733. The zero-order chi connectivity index (χ0) is 16.4. The van der Waals surface area contributed by atoms with Gasteiger partial charge in [-0.3, -0.25) is 4.79 Å². The van der Waals surface area contributed by atoms with Crippen LogP contribution in [-0.4, -0.2) is 32.2 Å². The lowest BCUT2D eigenvalue weighted by Crippen LogP contribution is -2.28. The second-order valence-electron chi connectivity index (χ2n) is 6.10. The fourth-order valence-corrected chi connectivity index (χ4v) is 3.40. The molecular formula is C19H20N2O3. The molecule has 2 aliphatic heterocycles. The van der Waals surface area contributed by atoms with Gasteiger partial charge in [-0.2, -0.15) is 0 Å². The van der Waals surface area contributed by atoms with Crippen LogP contribution in [0.1, 0.15) is 11.5 Å². The molecule has 2 heterocycles. The van der Waals surface area contributed by atoms with Gasteiger partial charge in [0.25, 0.3) is 0 Å². The summed E-state index contributed by atoms with van der Waals surface area (Å²) in [5.41, 5.74) is 1.87. The van der Waals surface area contributed by atoms with E-state index in [9.17, 15) is 4.79 Å². The van der Waals surface area contributed by atoms with Crippen LogP contribution in [0, 0.1) is 5.92 Å². The molecule has 2 atom stereocenters. The van der Waals surface area contributed by atoms with Gasteiger partial charge in [0.2, 0.25) is 5.91 Å². The molecule has 24 heavy (non-hydrogen) atoms. The van der Waals surface area contributed by atoms with Crippen LogP contribution >= 0.6 is 0 Å². The minimum absolute atomic E-state index is 0.0106. The molecule has 0 unspecified atom stereocenters. The number of carbonyl (C=O) groups excluding carboxylic acids is 1. The molecule has 124 valence electrons. The van der Waals surface area contributed by atoms with Crippen molar-refractivity contribution in [1.29, 1.82) is 0 Å². The molecule has 0 radical (unpaired) electrons. The van der Waals surface area contributed by atoms with Crippen molar-refractivity contribution in [2.75, 3.05) is 31.6 Å². The molecule has 0 saturated carbocycles. The van der Waals surface area contributed by atoms with E-state index in [2.05, 4.69) is 22.8 Å². The summed E-state index contributed by atoms with van der Waals surface area (Å²) in [4.78, 5) is 12.8. The number of nitrogens with one attached hydrogen (secondary N) is 2. The lowest BCUT2D eigenvalue weighted by atomic mass is 9.88. The number of ether oxygens (including phenoxy) is 2. The SMILES string of the molecule is O=C(Nc1cccc2c1OCCO2)[C@@H]1CNC[C@H]1c1ccccc1. The van der Waals surface area contributed by atoms with Crippen molar-refractivity contribution >= 4 is 11.6 Å². The summed E-state index contributed by atoms with van der Waals surface area (Å²) >= 11 is 0. The van der Waals surface area contributed by atoms with Crippen LogP contribution in [0.3, 0.4) is 0 Å². The average Bonchev–Trinajstić information content (AvgIpc) is 3.13. The average molecular weight is 324 g/mol. The van der Waals surface area contributed by atoms with Crippen molar-refractivity contribution in [3.63, 3.8) is 0 Å². The van der Waals surface area contributed by atoms with Gasteiger partial charge in [0, 0.05) is 19.0 Å². The smallest absolute Gasteiger partial charge is 0.229 e.